The van der Waals surface area contributed by atoms with Crippen LogP contribution in [-0.4, -0.2) is 59.3 Å². The molecule has 0 saturated carbocycles. The van der Waals surface area contributed by atoms with Crippen LogP contribution in [-0.2, 0) is 9.47 Å². The molecule has 1 aromatic heterocycles. The van der Waals surface area contributed by atoms with Crippen LogP contribution in [0.2, 0.25) is 0 Å². The average molecular weight is 319 g/mol. The van der Waals surface area contributed by atoms with E-state index in [2.05, 4.69) is 9.97 Å². The third-order valence-electron chi connectivity index (χ3n) is 4.78. The third kappa shape index (κ3) is 3.53. The average Bonchev–Trinajstić information content (AvgIpc) is 2.59. The molecule has 23 heavy (non-hydrogen) atoms. The Morgan fingerprint density at radius 1 is 1.57 bits per heavy atom. The second-order valence-electron chi connectivity index (χ2n) is 6.80. The van der Waals surface area contributed by atoms with Gasteiger partial charge in [0, 0.05) is 31.3 Å². The lowest BCUT2D eigenvalue weighted by atomic mass is 9.73. The Bertz CT molecular complexity index is 537. The van der Waals surface area contributed by atoms with Crippen LogP contribution in [0.4, 0.5) is 0 Å². The first kappa shape index (κ1) is 16.3. The maximum atomic E-state index is 12.7. The molecular formula is C17H25N3O3. The van der Waals surface area contributed by atoms with E-state index in [4.69, 9.17) is 9.47 Å². The van der Waals surface area contributed by atoms with Gasteiger partial charge < -0.3 is 14.4 Å². The third-order valence-corrected chi connectivity index (χ3v) is 4.78. The number of fused-ring (bicyclic) bond motifs is 1. The van der Waals surface area contributed by atoms with Crippen LogP contribution in [0.15, 0.2) is 18.6 Å². The summed E-state index contributed by atoms with van der Waals surface area (Å²) in [6, 6.07) is 1.67. The van der Waals surface area contributed by atoms with E-state index >= 15 is 0 Å². The number of carbonyl (C=O) groups is 1. The topological polar surface area (TPSA) is 64.6 Å². The molecule has 0 spiro atoms. The van der Waals surface area contributed by atoms with Gasteiger partial charge in [-0.25, -0.2) is 9.97 Å². The lowest BCUT2D eigenvalue weighted by molar-refractivity contribution is -0.152. The Morgan fingerprint density at radius 2 is 2.43 bits per heavy atom. The number of amides is 1. The summed E-state index contributed by atoms with van der Waals surface area (Å²) in [5.41, 5.74) is 0.360. The van der Waals surface area contributed by atoms with Crippen LogP contribution in [0.3, 0.4) is 0 Å². The van der Waals surface area contributed by atoms with Crippen molar-refractivity contribution < 1.29 is 14.3 Å². The number of aromatic nitrogens is 2. The van der Waals surface area contributed by atoms with Crippen molar-refractivity contribution in [1.82, 2.24) is 14.9 Å². The smallest absolute Gasteiger partial charge is 0.272 e. The summed E-state index contributed by atoms with van der Waals surface area (Å²) in [7, 11) is 0. The maximum absolute atomic E-state index is 12.7. The van der Waals surface area contributed by atoms with Gasteiger partial charge in [-0.05, 0) is 39.2 Å². The van der Waals surface area contributed by atoms with Gasteiger partial charge in [0.2, 0.25) is 0 Å². The van der Waals surface area contributed by atoms with E-state index in [1.54, 1.807) is 12.3 Å². The number of likely N-dealkylation sites (tertiary alicyclic amines) is 1. The van der Waals surface area contributed by atoms with Crippen molar-refractivity contribution in [1.29, 1.82) is 0 Å². The molecule has 6 nitrogen and oxygen atoms in total. The highest BCUT2D eigenvalue weighted by molar-refractivity contribution is 5.92. The van der Waals surface area contributed by atoms with Crippen molar-refractivity contribution >= 4 is 5.91 Å². The Balaban J connectivity index is 1.76. The zero-order chi connectivity index (χ0) is 16.3. The normalized spacial score (nSPS) is 27.8. The van der Waals surface area contributed by atoms with Crippen molar-refractivity contribution in [3.05, 3.63) is 24.3 Å². The van der Waals surface area contributed by atoms with E-state index in [1.165, 1.54) is 6.33 Å². The SMILES string of the molecule is CC(C)OC[C@]12CCCO[C@H]1CCN(C(=O)c1ccncn1)C2. The van der Waals surface area contributed by atoms with Crippen molar-refractivity contribution in [2.24, 2.45) is 5.41 Å². The summed E-state index contributed by atoms with van der Waals surface area (Å²) < 4.78 is 11.9. The van der Waals surface area contributed by atoms with Crippen LogP contribution >= 0.6 is 0 Å². The predicted molar refractivity (Wildman–Crippen MR) is 85.0 cm³/mol. The molecule has 2 fully saturated rings. The summed E-state index contributed by atoms with van der Waals surface area (Å²) in [6.45, 7) is 6.92. The van der Waals surface area contributed by atoms with Crippen LogP contribution < -0.4 is 0 Å². The highest BCUT2D eigenvalue weighted by Crippen LogP contribution is 2.41. The van der Waals surface area contributed by atoms with Gasteiger partial charge in [-0.1, -0.05) is 0 Å². The molecule has 2 saturated heterocycles. The molecule has 1 amide bonds. The van der Waals surface area contributed by atoms with Gasteiger partial charge in [0.25, 0.3) is 5.91 Å². The van der Waals surface area contributed by atoms with E-state index < -0.39 is 0 Å². The van der Waals surface area contributed by atoms with Gasteiger partial charge in [-0.3, -0.25) is 4.79 Å². The number of ether oxygens (including phenoxy) is 2. The maximum Gasteiger partial charge on any atom is 0.272 e. The monoisotopic (exact) mass is 319 g/mol. The molecule has 0 aromatic carbocycles. The summed E-state index contributed by atoms with van der Waals surface area (Å²) in [5.74, 6) is -0.0275. The lowest BCUT2D eigenvalue weighted by Gasteiger charge is -2.50. The fraction of sp³-hybridized carbons (Fsp3) is 0.706. The number of nitrogens with zero attached hydrogens (tertiary/aromatic N) is 3. The summed E-state index contributed by atoms with van der Waals surface area (Å²) in [4.78, 5) is 22.6. The van der Waals surface area contributed by atoms with Gasteiger partial charge in [-0.2, -0.15) is 0 Å². The van der Waals surface area contributed by atoms with Crippen molar-refractivity contribution in [3.8, 4) is 0 Å². The van der Waals surface area contributed by atoms with Gasteiger partial charge in [0.15, 0.2) is 0 Å². The van der Waals surface area contributed by atoms with E-state index in [0.717, 1.165) is 25.9 Å². The first-order valence-electron chi connectivity index (χ1n) is 8.39. The summed E-state index contributed by atoms with van der Waals surface area (Å²) >= 11 is 0. The predicted octanol–water partition coefficient (Wildman–Crippen LogP) is 1.91. The summed E-state index contributed by atoms with van der Waals surface area (Å²) in [5, 5.41) is 0. The molecule has 6 heteroatoms. The fourth-order valence-corrected chi connectivity index (χ4v) is 3.59. The van der Waals surface area contributed by atoms with Crippen LogP contribution in [0, 0.1) is 5.41 Å². The van der Waals surface area contributed by atoms with E-state index in [9.17, 15) is 4.79 Å². The molecule has 2 aliphatic heterocycles. The first-order valence-corrected chi connectivity index (χ1v) is 8.39. The number of rotatable bonds is 4. The van der Waals surface area contributed by atoms with Crippen molar-refractivity contribution in [2.75, 3.05) is 26.3 Å². The van der Waals surface area contributed by atoms with Gasteiger partial charge in [-0.15, -0.1) is 0 Å². The van der Waals surface area contributed by atoms with Crippen LogP contribution in [0.5, 0.6) is 0 Å². The van der Waals surface area contributed by atoms with E-state index in [-0.39, 0.29) is 23.5 Å². The number of hydrogen-bond acceptors (Lipinski definition) is 5. The standard InChI is InChI=1S/C17H25N3O3/c1-13(2)23-11-17-6-3-9-22-15(17)5-8-20(10-17)16(21)14-4-7-18-12-19-14/h4,7,12-13,15H,3,5-6,8-11H2,1-2H3/t15-,17+/m0/s1. The minimum absolute atomic E-state index is 0.0275. The molecule has 1 aromatic rings. The molecule has 126 valence electrons. The molecule has 0 aliphatic carbocycles. The Labute approximate surface area is 137 Å². The molecule has 2 atom stereocenters. The second kappa shape index (κ2) is 6.93. The molecule has 3 rings (SSSR count). The molecule has 0 N–H and O–H groups in total. The van der Waals surface area contributed by atoms with E-state index in [1.807, 2.05) is 18.7 Å². The number of hydrogen-bond donors (Lipinski definition) is 0. The minimum atomic E-state index is -0.0938. The quantitative estimate of drug-likeness (QED) is 0.848. The van der Waals surface area contributed by atoms with Crippen molar-refractivity contribution in [3.63, 3.8) is 0 Å². The van der Waals surface area contributed by atoms with Crippen LogP contribution in [0.25, 0.3) is 0 Å². The Hall–Kier alpha value is -1.53. The second-order valence-corrected chi connectivity index (χ2v) is 6.80. The molecule has 3 heterocycles. The number of carbonyl (C=O) groups excluding carboxylic acids is 1. The van der Waals surface area contributed by atoms with E-state index in [0.29, 0.717) is 25.4 Å². The zero-order valence-electron chi connectivity index (χ0n) is 13.9. The molecule has 0 radical (unpaired) electrons. The first-order chi connectivity index (χ1) is 11.1. The Morgan fingerprint density at radius 3 is 3.17 bits per heavy atom. The molecule has 0 bridgehead atoms. The summed E-state index contributed by atoms with van der Waals surface area (Å²) in [6.07, 6.45) is 6.31. The minimum Gasteiger partial charge on any atom is -0.378 e. The van der Waals surface area contributed by atoms with Crippen molar-refractivity contribution in [2.45, 2.75) is 45.3 Å². The molecular weight excluding hydrogens is 294 g/mol. The zero-order valence-corrected chi connectivity index (χ0v) is 13.9. The van der Waals surface area contributed by atoms with Gasteiger partial charge in [0.05, 0.1) is 18.8 Å². The lowest BCUT2D eigenvalue weighted by Crippen LogP contribution is -2.58. The number of piperidine rings is 1. The molecule has 0 unspecified atom stereocenters. The highest BCUT2D eigenvalue weighted by atomic mass is 16.5. The van der Waals surface area contributed by atoms with Gasteiger partial charge in [0.1, 0.15) is 12.0 Å². The highest BCUT2D eigenvalue weighted by Gasteiger charge is 2.47. The molecule has 2 aliphatic rings. The van der Waals surface area contributed by atoms with Gasteiger partial charge >= 0.3 is 0 Å². The Kier molecular flexibility index (Phi) is 4.92. The fourth-order valence-electron chi connectivity index (χ4n) is 3.59. The largest absolute Gasteiger partial charge is 0.378 e. The van der Waals surface area contributed by atoms with Crippen LogP contribution in [0.1, 0.15) is 43.6 Å².